The second-order valence-corrected chi connectivity index (χ2v) is 5.92. The van der Waals surface area contributed by atoms with Crippen LogP contribution in [0.5, 0.6) is 5.75 Å². The highest BCUT2D eigenvalue weighted by Gasteiger charge is 2.27. The number of aromatic hydroxyl groups is 1. The van der Waals surface area contributed by atoms with E-state index in [9.17, 15) is 9.90 Å². The monoisotopic (exact) mass is 290 g/mol. The van der Waals surface area contributed by atoms with E-state index in [1.807, 2.05) is 17.0 Å². The molecule has 0 saturated carbocycles. The van der Waals surface area contributed by atoms with E-state index in [4.69, 9.17) is 5.73 Å². The molecule has 3 N–H and O–H groups in total. The van der Waals surface area contributed by atoms with Gasteiger partial charge < -0.3 is 15.7 Å². The van der Waals surface area contributed by atoms with Gasteiger partial charge in [-0.15, -0.1) is 0 Å². The van der Waals surface area contributed by atoms with Gasteiger partial charge >= 0.3 is 0 Å². The SMILES string of the molecule is CCC1CCCCCN1C(=O)[C@H](N)Cc1ccc(O)cc1. The van der Waals surface area contributed by atoms with Gasteiger partial charge in [-0.25, -0.2) is 0 Å². The van der Waals surface area contributed by atoms with Crippen molar-refractivity contribution in [3.8, 4) is 5.75 Å². The highest BCUT2D eigenvalue weighted by Crippen LogP contribution is 2.20. The Morgan fingerprint density at radius 2 is 2.05 bits per heavy atom. The van der Waals surface area contributed by atoms with Crippen LogP contribution < -0.4 is 5.73 Å². The van der Waals surface area contributed by atoms with E-state index in [1.54, 1.807) is 12.1 Å². The maximum Gasteiger partial charge on any atom is 0.240 e. The fourth-order valence-electron chi connectivity index (χ4n) is 3.08. The number of benzene rings is 1. The van der Waals surface area contributed by atoms with Gasteiger partial charge in [0, 0.05) is 12.6 Å². The molecule has 0 spiro atoms. The maximum atomic E-state index is 12.6. The van der Waals surface area contributed by atoms with Gasteiger partial charge in [0.25, 0.3) is 0 Å². The van der Waals surface area contributed by atoms with Crippen LogP contribution in [0.15, 0.2) is 24.3 Å². The predicted molar refractivity (Wildman–Crippen MR) is 84.0 cm³/mol. The van der Waals surface area contributed by atoms with E-state index in [-0.39, 0.29) is 11.7 Å². The molecule has 21 heavy (non-hydrogen) atoms. The third-order valence-electron chi connectivity index (χ3n) is 4.34. The first-order valence-corrected chi connectivity index (χ1v) is 7.95. The van der Waals surface area contributed by atoms with Crippen LogP contribution in [0.25, 0.3) is 0 Å². The minimum absolute atomic E-state index is 0.0665. The molecule has 1 fully saturated rings. The summed E-state index contributed by atoms with van der Waals surface area (Å²) < 4.78 is 0. The van der Waals surface area contributed by atoms with E-state index >= 15 is 0 Å². The lowest BCUT2D eigenvalue weighted by Gasteiger charge is -2.31. The van der Waals surface area contributed by atoms with E-state index < -0.39 is 6.04 Å². The van der Waals surface area contributed by atoms with Gasteiger partial charge in [0.15, 0.2) is 0 Å². The number of hydrogen-bond acceptors (Lipinski definition) is 3. The average molecular weight is 290 g/mol. The molecule has 0 aliphatic carbocycles. The standard InChI is InChI=1S/C17H26N2O2/c1-2-14-6-4-3-5-11-19(14)17(21)16(18)12-13-7-9-15(20)10-8-13/h7-10,14,16,20H,2-6,11-12,18H2,1H3/t14?,16-/m1/s1. The summed E-state index contributed by atoms with van der Waals surface area (Å²) in [5, 5.41) is 9.30. The number of carbonyl (C=O) groups excluding carboxylic acids is 1. The molecule has 0 radical (unpaired) electrons. The number of nitrogens with zero attached hydrogens (tertiary/aromatic N) is 1. The van der Waals surface area contributed by atoms with E-state index in [0.29, 0.717) is 12.5 Å². The van der Waals surface area contributed by atoms with Gasteiger partial charge in [0.05, 0.1) is 6.04 Å². The quantitative estimate of drug-likeness (QED) is 0.895. The van der Waals surface area contributed by atoms with Crippen molar-refractivity contribution in [2.75, 3.05) is 6.54 Å². The van der Waals surface area contributed by atoms with Crippen molar-refractivity contribution in [2.24, 2.45) is 5.73 Å². The third kappa shape index (κ3) is 4.21. The van der Waals surface area contributed by atoms with Gasteiger partial charge in [-0.2, -0.15) is 0 Å². The summed E-state index contributed by atoms with van der Waals surface area (Å²) in [6.07, 6.45) is 6.09. The lowest BCUT2D eigenvalue weighted by Crippen LogP contribution is -2.49. The summed E-state index contributed by atoms with van der Waals surface area (Å²) in [5.74, 6) is 0.300. The van der Waals surface area contributed by atoms with Crippen molar-refractivity contribution < 1.29 is 9.90 Å². The zero-order chi connectivity index (χ0) is 15.2. The number of carbonyl (C=O) groups is 1. The number of nitrogens with two attached hydrogens (primary N) is 1. The molecule has 1 amide bonds. The highest BCUT2D eigenvalue weighted by molar-refractivity contribution is 5.82. The fraction of sp³-hybridized carbons (Fsp3) is 0.588. The maximum absolute atomic E-state index is 12.6. The summed E-state index contributed by atoms with van der Waals surface area (Å²) in [7, 11) is 0. The van der Waals surface area contributed by atoms with Gasteiger partial charge in [0.1, 0.15) is 5.75 Å². The summed E-state index contributed by atoms with van der Waals surface area (Å²) >= 11 is 0. The summed E-state index contributed by atoms with van der Waals surface area (Å²) in [6, 6.07) is 6.75. The lowest BCUT2D eigenvalue weighted by molar-refractivity contribution is -0.134. The van der Waals surface area contributed by atoms with Gasteiger partial charge in [-0.05, 0) is 43.4 Å². The molecule has 116 valence electrons. The zero-order valence-electron chi connectivity index (χ0n) is 12.8. The number of rotatable bonds is 4. The zero-order valence-corrected chi connectivity index (χ0v) is 12.8. The molecule has 1 aromatic carbocycles. The molecule has 0 bridgehead atoms. The second kappa shape index (κ2) is 7.46. The molecule has 1 aromatic rings. The Kier molecular flexibility index (Phi) is 5.62. The molecule has 1 saturated heterocycles. The topological polar surface area (TPSA) is 66.6 Å². The number of hydrogen-bond donors (Lipinski definition) is 2. The van der Waals surface area contributed by atoms with Crippen molar-refractivity contribution in [3.63, 3.8) is 0 Å². The smallest absolute Gasteiger partial charge is 0.240 e. The van der Waals surface area contributed by atoms with Crippen LogP contribution >= 0.6 is 0 Å². The number of phenolic OH excluding ortho intramolecular Hbond substituents is 1. The molecule has 1 aliphatic rings. The molecule has 4 heteroatoms. The van der Waals surface area contributed by atoms with Crippen LogP contribution in [0.2, 0.25) is 0 Å². The fourth-order valence-corrected chi connectivity index (χ4v) is 3.08. The van der Waals surface area contributed by atoms with E-state index in [2.05, 4.69) is 6.92 Å². The van der Waals surface area contributed by atoms with Crippen LogP contribution in [-0.4, -0.2) is 34.5 Å². The van der Waals surface area contributed by atoms with Gasteiger partial charge in [-0.1, -0.05) is 31.9 Å². The van der Waals surface area contributed by atoms with Crippen molar-refractivity contribution in [3.05, 3.63) is 29.8 Å². The lowest BCUT2D eigenvalue weighted by atomic mass is 10.0. The van der Waals surface area contributed by atoms with Crippen molar-refractivity contribution in [1.29, 1.82) is 0 Å². The van der Waals surface area contributed by atoms with Crippen LogP contribution in [0.3, 0.4) is 0 Å². The largest absolute Gasteiger partial charge is 0.508 e. The molecular formula is C17H26N2O2. The summed E-state index contributed by atoms with van der Waals surface area (Å²) in [6.45, 7) is 2.97. The molecule has 0 aromatic heterocycles. The second-order valence-electron chi connectivity index (χ2n) is 5.92. The van der Waals surface area contributed by atoms with Gasteiger partial charge in [-0.3, -0.25) is 4.79 Å². The Balaban J connectivity index is 2.01. The first kappa shape index (κ1) is 15.8. The van der Waals surface area contributed by atoms with Crippen molar-refractivity contribution in [2.45, 2.75) is 57.5 Å². The Hall–Kier alpha value is -1.55. The molecule has 1 aliphatic heterocycles. The third-order valence-corrected chi connectivity index (χ3v) is 4.34. The molecule has 4 nitrogen and oxygen atoms in total. The molecule has 2 rings (SSSR count). The Labute approximate surface area is 126 Å². The Bertz CT molecular complexity index is 458. The normalized spacial score (nSPS) is 20.9. The number of amides is 1. The Morgan fingerprint density at radius 1 is 1.33 bits per heavy atom. The van der Waals surface area contributed by atoms with Crippen LogP contribution in [0.1, 0.15) is 44.6 Å². The molecule has 1 heterocycles. The van der Waals surface area contributed by atoms with E-state index in [0.717, 1.165) is 31.4 Å². The molecule has 2 atom stereocenters. The van der Waals surface area contributed by atoms with Crippen molar-refractivity contribution in [1.82, 2.24) is 4.90 Å². The number of phenols is 1. The molecular weight excluding hydrogens is 264 g/mol. The van der Waals surface area contributed by atoms with Gasteiger partial charge in [0.2, 0.25) is 5.91 Å². The minimum atomic E-state index is -0.498. The summed E-state index contributed by atoms with van der Waals surface area (Å²) in [5.41, 5.74) is 7.12. The van der Waals surface area contributed by atoms with Crippen molar-refractivity contribution >= 4 is 5.91 Å². The number of likely N-dealkylation sites (tertiary alicyclic amines) is 1. The van der Waals surface area contributed by atoms with Crippen LogP contribution in [0.4, 0.5) is 0 Å². The Morgan fingerprint density at radius 3 is 2.71 bits per heavy atom. The average Bonchev–Trinajstić information content (AvgIpc) is 2.73. The highest BCUT2D eigenvalue weighted by atomic mass is 16.3. The van der Waals surface area contributed by atoms with E-state index in [1.165, 1.54) is 12.8 Å². The van der Waals surface area contributed by atoms with Crippen LogP contribution in [-0.2, 0) is 11.2 Å². The minimum Gasteiger partial charge on any atom is -0.508 e. The molecule has 1 unspecified atom stereocenters. The summed E-state index contributed by atoms with van der Waals surface area (Å²) in [4.78, 5) is 14.6. The first-order chi connectivity index (χ1) is 10.1. The predicted octanol–water partition coefficient (Wildman–Crippen LogP) is 2.44. The first-order valence-electron chi connectivity index (χ1n) is 7.95. The van der Waals surface area contributed by atoms with Crippen LogP contribution in [0, 0.1) is 0 Å².